The third-order valence-electron chi connectivity index (χ3n) is 3.21. The molecule has 0 saturated heterocycles. The molecule has 2 heteroatoms. The van der Waals surface area contributed by atoms with Crippen molar-refractivity contribution in [2.45, 2.75) is 32.1 Å². The van der Waals surface area contributed by atoms with E-state index in [4.69, 9.17) is 0 Å². The van der Waals surface area contributed by atoms with Crippen LogP contribution in [0.1, 0.15) is 30.9 Å². The molecule has 0 unspecified atom stereocenters. The zero-order valence-electron chi connectivity index (χ0n) is 8.43. The van der Waals surface area contributed by atoms with Crippen molar-refractivity contribution in [3.8, 4) is 0 Å². The Kier molecular flexibility index (Phi) is 2.26. The number of benzene rings is 1. The molecule has 0 aromatic heterocycles. The lowest BCUT2D eigenvalue weighted by atomic mass is 9.89. The molecule has 0 amide bonds. The van der Waals surface area contributed by atoms with Crippen LogP contribution in [-0.4, -0.2) is 5.78 Å². The Morgan fingerprint density at radius 1 is 1.43 bits per heavy atom. The third-order valence-corrected chi connectivity index (χ3v) is 4.07. The van der Waals surface area contributed by atoms with E-state index in [2.05, 4.69) is 28.9 Å². The van der Waals surface area contributed by atoms with Crippen LogP contribution in [0.25, 0.3) is 0 Å². The molecule has 0 atom stereocenters. The number of hydrogen-bond acceptors (Lipinski definition) is 1. The Labute approximate surface area is 92.6 Å². The maximum Gasteiger partial charge on any atom is 0.140 e. The Hall–Kier alpha value is -0.630. The van der Waals surface area contributed by atoms with E-state index < -0.39 is 0 Å². The Morgan fingerprint density at radius 3 is 2.57 bits per heavy atom. The van der Waals surface area contributed by atoms with E-state index >= 15 is 0 Å². The fraction of sp³-hybridized carbons (Fsp3) is 0.417. The van der Waals surface area contributed by atoms with E-state index in [-0.39, 0.29) is 5.41 Å². The van der Waals surface area contributed by atoms with Gasteiger partial charge in [0.25, 0.3) is 0 Å². The molecule has 1 aromatic rings. The Bertz CT molecular complexity index is 391. The highest BCUT2D eigenvalue weighted by atomic mass is 79.9. The summed E-state index contributed by atoms with van der Waals surface area (Å²) in [5.74, 6) is 0.304. The minimum absolute atomic E-state index is 0.145. The van der Waals surface area contributed by atoms with Crippen molar-refractivity contribution < 1.29 is 4.79 Å². The van der Waals surface area contributed by atoms with Crippen molar-refractivity contribution in [1.82, 2.24) is 0 Å². The molecule has 1 aliphatic rings. The number of rotatable bonds is 2. The van der Waals surface area contributed by atoms with Crippen LogP contribution in [0.15, 0.2) is 22.7 Å². The minimum atomic E-state index is -0.145. The van der Waals surface area contributed by atoms with E-state index in [0.29, 0.717) is 5.78 Å². The van der Waals surface area contributed by atoms with Crippen molar-refractivity contribution in [3.63, 3.8) is 0 Å². The van der Waals surface area contributed by atoms with Gasteiger partial charge in [0.1, 0.15) is 5.78 Å². The summed E-state index contributed by atoms with van der Waals surface area (Å²) in [7, 11) is 0. The summed E-state index contributed by atoms with van der Waals surface area (Å²) in [4.78, 5) is 11.6. The van der Waals surface area contributed by atoms with Crippen LogP contribution in [0.3, 0.4) is 0 Å². The molecule has 1 saturated carbocycles. The molecule has 0 spiro atoms. The maximum absolute atomic E-state index is 11.6. The summed E-state index contributed by atoms with van der Waals surface area (Å²) < 4.78 is 1.10. The zero-order valence-corrected chi connectivity index (χ0v) is 10.0. The molecular weight excluding hydrogens is 240 g/mol. The molecule has 1 aliphatic carbocycles. The average Bonchev–Trinajstić information content (AvgIpc) is 2.90. The highest BCUT2D eigenvalue weighted by Crippen LogP contribution is 2.50. The first-order valence-corrected chi connectivity index (χ1v) is 5.64. The first-order chi connectivity index (χ1) is 6.58. The normalized spacial score (nSPS) is 17.9. The predicted molar refractivity (Wildman–Crippen MR) is 60.5 cm³/mol. The largest absolute Gasteiger partial charge is 0.299 e. The molecule has 0 N–H and O–H groups in total. The second-order valence-electron chi connectivity index (χ2n) is 4.05. The van der Waals surface area contributed by atoms with Gasteiger partial charge < -0.3 is 0 Å². The van der Waals surface area contributed by atoms with E-state index in [1.54, 1.807) is 6.92 Å². The van der Waals surface area contributed by atoms with E-state index in [0.717, 1.165) is 17.3 Å². The van der Waals surface area contributed by atoms with Crippen LogP contribution in [0, 0.1) is 6.92 Å². The molecule has 0 radical (unpaired) electrons. The lowest BCUT2D eigenvalue weighted by Gasteiger charge is -2.15. The average molecular weight is 253 g/mol. The number of carbonyl (C=O) groups excluding carboxylic acids is 1. The van der Waals surface area contributed by atoms with Crippen LogP contribution < -0.4 is 0 Å². The monoisotopic (exact) mass is 252 g/mol. The van der Waals surface area contributed by atoms with Crippen LogP contribution in [0.5, 0.6) is 0 Å². The lowest BCUT2D eigenvalue weighted by molar-refractivity contribution is -0.119. The standard InChI is InChI=1S/C12H13BrO/c1-8-10(4-3-5-11(8)13)12(6-7-12)9(2)14/h3-5H,6-7H2,1-2H3. The summed E-state index contributed by atoms with van der Waals surface area (Å²) in [6.45, 7) is 3.77. The van der Waals surface area contributed by atoms with Crippen molar-refractivity contribution in [2.75, 3.05) is 0 Å². The number of ketones is 1. The fourth-order valence-corrected chi connectivity index (χ4v) is 2.43. The van der Waals surface area contributed by atoms with Gasteiger partial charge in [-0.3, -0.25) is 4.79 Å². The van der Waals surface area contributed by atoms with Gasteiger partial charge >= 0.3 is 0 Å². The minimum Gasteiger partial charge on any atom is -0.299 e. The summed E-state index contributed by atoms with van der Waals surface area (Å²) in [5.41, 5.74) is 2.27. The molecule has 0 aliphatic heterocycles. The molecule has 1 nitrogen and oxygen atoms in total. The van der Waals surface area contributed by atoms with Gasteiger partial charge in [-0.05, 0) is 43.9 Å². The molecule has 1 fully saturated rings. The van der Waals surface area contributed by atoms with Gasteiger partial charge in [-0.15, -0.1) is 0 Å². The van der Waals surface area contributed by atoms with Gasteiger partial charge in [-0.25, -0.2) is 0 Å². The summed E-state index contributed by atoms with van der Waals surface area (Å²) in [5, 5.41) is 0. The summed E-state index contributed by atoms with van der Waals surface area (Å²) in [6, 6.07) is 6.11. The van der Waals surface area contributed by atoms with Gasteiger partial charge in [-0.2, -0.15) is 0 Å². The van der Waals surface area contributed by atoms with Crippen molar-refractivity contribution >= 4 is 21.7 Å². The molecule has 0 bridgehead atoms. The van der Waals surface area contributed by atoms with E-state index in [1.165, 1.54) is 11.1 Å². The van der Waals surface area contributed by atoms with Crippen LogP contribution in [-0.2, 0) is 10.2 Å². The third kappa shape index (κ3) is 1.33. The van der Waals surface area contributed by atoms with Crippen LogP contribution in [0.2, 0.25) is 0 Å². The summed E-state index contributed by atoms with van der Waals surface area (Å²) >= 11 is 3.50. The van der Waals surface area contributed by atoms with Gasteiger partial charge in [0, 0.05) is 4.47 Å². The molecule has 1 aromatic carbocycles. The summed E-state index contributed by atoms with van der Waals surface area (Å²) in [6.07, 6.45) is 2.03. The quantitative estimate of drug-likeness (QED) is 0.789. The number of carbonyl (C=O) groups is 1. The topological polar surface area (TPSA) is 17.1 Å². The van der Waals surface area contributed by atoms with Crippen LogP contribution in [0.4, 0.5) is 0 Å². The van der Waals surface area contributed by atoms with Gasteiger partial charge in [0.05, 0.1) is 5.41 Å². The number of halogens is 1. The highest BCUT2D eigenvalue weighted by molar-refractivity contribution is 9.10. The number of Topliss-reactive ketones (excluding diaryl/α,β-unsaturated/α-hetero) is 1. The second kappa shape index (κ2) is 3.20. The molecular formula is C12H13BrO. The van der Waals surface area contributed by atoms with E-state index in [1.807, 2.05) is 12.1 Å². The SMILES string of the molecule is CC(=O)C1(c2cccc(Br)c2C)CC1. The smallest absolute Gasteiger partial charge is 0.140 e. The Balaban J connectivity index is 2.52. The predicted octanol–water partition coefficient (Wildman–Crippen LogP) is 3.38. The van der Waals surface area contributed by atoms with Crippen molar-refractivity contribution in [1.29, 1.82) is 0 Å². The van der Waals surface area contributed by atoms with Crippen molar-refractivity contribution in [2.24, 2.45) is 0 Å². The lowest BCUT2D eigenvalue weighted by Crippen LogP contribution is -2.18. The van der Waals surface area contributed by atoms with Crippen molar-refractivity contribution in [3.05, 3.63) is 33.8 Å². The van der Waals surface area contributed by atoms with Gasteiger partial charge in [0.15, 0.2) is 0 Å². The van der Waals surface area contributed by atoms with Crippen LogP contribution >= 0.6 is 15.9 Å². The highest BCUT2D eigenvalue weighted by Gasteiger charge is 2.49. The molecule has 0 heterocycles. The zero-order chi connectivity index (χ0) is 10.3. The first-order valence-electron chi connectivity index (χ1n) is 4.84. The Morgan fingerprint density at radius 2 is 2.07 bits per heavy atom. The van der Waals surface area contributed by atoms with Gasteiger partial charge in [-0.1, -0.05) is 28.1 Å². The first kappa shape index (κ1) is 9.91. The number of hydrogen-bond donors (Lipinski definition) is 0. The second-order valence-corrected chi connectivity index (χ2v) is 4.91. The van der Waals surface area contributed by atoms with E-state index in [9.17, 15) is 4.79 Å². The molecule has 2 rings (SSSR count). The fourth-order valence-electron chi connectivity index (χ4n) is 2.06. The maximum atomic E-state index is 11.6. The molecule has 74 valence electrons. The molecule has 14 heavy (non-hydrogen) atoms. The van der Waals surface area contributed by atoms with Gasteiger partial charge in [0.2, 0.25) is 0 Å².